The monoisotopic (exact) mass is 521 g/mol. The maximum Gasteiger partial charge on any atom is 0.219 e. The first-order valence-electron chi connectivity index (χ1n) is 13.1. The highest BCUT2D eigenvalue weighted by molar-refractivity contribution is 6.30. The van der Waals surface area contributed by atoms with Crippen molar-refractivity contribution in [1.82, 2.24) is 19.6 Å². The van der Waals surface area contributed by atoms with Crippen molar-refractivity contribution in [2.75, 3.05) is 44.2 Å². The van der Waals surface area contributed by atoms with Crippen LogP contribution in [0.5, 0.6) is 0 Å². The van der Waals surface area contributed by atoms with Gasteiger partial charge in [-0.1, -0.05) is 29.8 Å². The minimum absolute atomic E-state index is 0.0698. The van der Waals surface area contributed by atoms with Crippen LogP contribution in [0, 0.1) is 13.8 Å². The Morgan fingerprint density at radius 2 is 1.73 bits per heavy atom. The summed E-state index contributed by atoms with van der Waals surface area (Å²) < 4.78 is 1.97. The molecule has 196 valence electrons. The zero-order valence-corrected chi connectivity index (χ0v) is 22.7. The molecule has 0 radical (unpaired) electrons. The molecule has 1 fully saturated rings. The number of piperazine rings is 1. The number of aliphatic hydroxyl groups is 1. The predicted molar refractivity (Wildman–Crippen MR) is 148 cm³/mol. The minimum Gasteiger partial charge on any atom is -0.390 e. The SMILES string of the molecule is CC(=O)N1CCc2c(c(-c3ccc(Cl)cc3)nn2CC(O)CN2CCN(c3ccc(C)c(C)c3)CC2)C1. The standard InChI is InChI=1S/C29H36ClN5O2/c1-20-4-9-25(16-21(20)2)33-14-12-32(13-15-33)17-26(37)18-35-28-10-11-34(22(3)36)19-27(28)29(31-35)23-5-7-24(30)8-6-23/h4-9,16,26,37H,10-15,17-19H2,1-3H3. The molecule has 1 N–H and O–H groups in total. The second-order valence-corrected chi connectivity index (χ2v) is 10.8. The summed E-state index contributed by atoms with van der Waals surface area (Å²) in [6.45, 7) is 11.9. The highest BCUT2D eigenvalue weighted by atomic mass is 35.5. The predicted octanol–water partition coefficient (Wildman–Crippen LogP) is 3.91. The molecular formula is C29H36ClN5O2. The second-order valence-electron chi connectivity index (χ2n) is 10.4. The molecule has 37 heavy (non-hydrogen) atoms. The fourth-order valence-corrected chi connectivity index (χ4v) is 5.54. The summed E-state index contributed by atoms with van der Waals surface area (Å²) in [5, 5.41) is 16.7. The van der Waals surface area contributed by atoms with Crippen molar-refractivity contribution in [2.24, 2.45) is 0 Å². The molecule has 1 aromatic heterocycles. The molecule has 0 spiro atoms. The lowest BCUT2D eigenvalue weighted by atomic mass is 10.0. The number of rotatable bonds is 6. The van der Waals surface area contributed by atoms with Crippen molar-refractivity contribution >= 4 is 23.2 Å². The Bertz CT molecular complexity index is 1260. The van der Waals surface area contributed by atoms with Crippen molar-refractivity contribution in [2.45, 2.75) is 46.4 Å². The Kier molecular flexibility index (Phi) is 7.56. The molecule has 0 aliphatic carbocycles. The van der Waals surface area contributed by atoms with E-state index in [1.165, 1.54) is 16.8 Å². The van der Waals surface area contributed by atoms with Gasteiger partial charge in [0.2, 0.25) is 5.91 Å². The van der Waals surface area contributed by atoms with Crippen LogP contribution in [0.15, 0.2) is 42.5 Å². The molecule has 1 atom stereocenters. The van der Waals surface area contributed by atoms with Crippen LogP contribution < -0.4 is 4.90 Å². The van der Waals surface area contributed by atoms with Crippen molar-refractivity contribution in [3.63, 3.8) is 0 Å². The second kappa shape index (κ2) is 10.9. The van der Waals surface area contributed by atoms with E-state index < -0.39 is 6.10 Å². The Balaban J connectivity index is 1.26. The maximum atomic E-state index is 12.1. The van der Waals surface area contributed by atoms with Crippen LogP contribution in [-0.4, -0.2) is 76.0 Å². The van der Waals surface area contributed by atoms with Gasteiger partial charge in [-0.2, -0.15) is 5.10 Å². The topological polar surface area (TPSA) is 64.8 Å². The number of halogens is 1. The van der Waals surface area contributed by atoms with E-state index in [2.05, 4.69) is 41.8 Å². The van der Waals surface area contributed by atoms with Crippen LogP contribution in [0.3, 0.4) is 0 Å². The Morgan fingerprint density at radius 3 is 2.41 bits per heavy atom. The van der Waals surface area contributed by atoms with Gasteiger partial charge in [0, 0.05) is 86.7 Å². The summed E-state index contributed by atoms with van der Waals surface area (Å²) in [6, 6.07) is 14.3. The zero-order chi connectivity index (χ0) is 26.1. The fourth-order valence-electron chi connectivity index (χ4n) is 5.42. The molecule has 8 heteroatoms. The van der Waals surface area contributed by atoms with Crippen LogP contribution >= 0.6 is 11.6 Å². The Hall–Kier alpha value is -2.87. The summed E-state index contributed by atoms with van der Waals surface area (Å²) in [6.07, 6.45) is 0.206. The number of hydrogen-bond donors (Lipinski definition) is 1. The summed E-state index contributed by atoms with van der Waals surface area (Å²) in [7, 11) is 0. The van der Waals surface area contributed by atoms with E-state index in [1.807, 2.05) is 33.8 Å². The molecule has 0 saturated carbocycles. The normalized spacial score (nSPS) is 17.1. The van der Waals surface area contributed by atoms with E-state index in [0.29, 0.717) is 31.2 Å². The van der Waals surface area contributed by atoms with Crippen LogP contribution in [0.25, 0.3) is 11.3 Å². The van der Waals surface area contributed by atoms with Gasteiger partial charge >= 0.3 is 0 Å². The molecule has 3 aromatic rings. The van der Waals surface area contributed by atoms with Gasteiger partial charge < -0.3 is 14.9 Å². The molecule has 1 saturated heterocycles. The van der Waals surface area contributed by atoms with Crippen molar-refractivity contribution in [3.8, 4) is 11.3 Å². The minimum atomic E-state index is -0.527. The van der Waals surface area contributed by atoms with E-state index in [-0.39, 0.29) is 5.91 Å². The summed E-state index contributed by atoms with van der Waals surface area (Å²) in [5.74, 6) is 0.0698. The van der Waals surface area contributed by atoms with Gasteiger partial charge in [0.25, 0.3) is 0 Å². The lowest BCUT2D eigenvalue weighted by Crippen LogP contribution is -2.49. The quantitative estimate of drug-likeness (QED) is 0.533. The first-order valence-corrected chi connectivity index (χ1v) is 13.5. The first-order chi connectivity index (χ1) is 17.8. The average molecular weight is 522 g/mol. The van der Waals surface area contributed by atoms with Gasteiger partial charge in [-0.25, -0.2) is 0 Å². The number of nitrogens with zero attached hydrogens (tertiary/aromatic N) is 5. The number of aromatic nitrogens is 2. The third kappa shape index (κ3) is 5.69. The lowest BCUT2D eigenvalue weighted by molar-refractivity contribution is -0.129. The summed E-state index contributed by atoms with van der Waals surface area (Å²) in [5.41, 5.74) is 7.94. The van der Waals surface area contributed by atoms with E-state index in [9.17, 15) is 9.90 Å². The Morgan fingerprint density at radius 1 is 1.00 bits per heavy atom. The number of fused-ring (bicyclic) bond motifs is 1. The van der Waals surface area contributed by atoms with Crippen LogP contribution in [0.4, 0.5) is 5.69 Å². The van der Waals surface area contributed by atoms with Gasteiger partial charge in [0.05, 0.1) is 18.3 Å². The van der Waals surface area contributed by atoms with E-state index in [4.69, 9.17) is 16.7 Å². The van der Waals surface area contributed by atoms with Crippen LogP contribution in [0.1, 0.15) is 29.3 Å². The molecule has 0 bridgehead atoms. The van der Waals surface area contributed by atoms with E-state index >= 15 is 0 Å². The largest absolute Gasteiger partial charge is 0.390 e. The zero-order valence-electron chi connectivity index (χ0n) is 22.0. The van der Waals surface area contributed by atoms with Crippen molar-refractivity contribution in [3.05, 3.63) is 69.9 Å². The number of anilines is 1. The number of carbonyl (C=O) groups is 1. The number of β-amino-alcohol motifs (C(OH)–C–C–N with tert-alkyl or cyclic N) is 1. The molecule has 1 unspecified atom stereocenters. The number of aliphatic hydroxyl groups excluding tert-OH is 1. The van der Waals surface area contributed by atoms with Crippen LogP contribution in [0.2, 0.25) is 5.02 Å². The lowest BCUT2D eigenvalue weighted by Gasteiger charge is -2.37. The number of carbonyl (C=O) groups excluding carboxylic acids is 1. The van der Waals surface area contributed by atoms with Gasteiger partial charge in [0.15, 0.2) is 0 Å². The van der Waals surface area contributed by atoms with Gasteiger partial charge in [0.1, 0.15) is 0 Å². The first kappa shape index (κ1) is 25.8. The molecule has 2 aliphatic rings. The molecule has 2 aromatic carbocycles. The van der Waals surface area contributed by atoms with Gasteiger partial charge in [-0.15, -0.1) is 0 Å². The summed E-state index contributed by atoms with van der Waals surface area (Å²) in [4.78, 5) is 18.7. The molecule has 2 aliphatic heterocycles. The number of amides is 1. The van der Waals surface area contributed by atoms with Crippen molar-refractivity contribution < 1.29 is 9.90 Å². The molecule has 1 amide bonds. The average Bonchev–Trinajstić information content (AvgIpc) is 3.24. The summed E-state index contributed by atoms with van der Waals surface area (Å²) >= 11 is 6.11. The third-order valence-corrected chi connectivity index (χ3v) is 8.03. The molecular weight excluding hydrogens is 486 g/mol. The highest BCUT2D eigenvalue weighted by Crippen LogP contribution is 2.31. The fraction of sp³-hybridized carbons (Fsp3) is 0.448. The Labute approximate surface area is 224 Å². The van der Waals surface area contributed by atoms with Crippen molar-refractivity contribution in [1.29, 1.82) is 0 Å². The van der Waals surface area contributed by atoms with E-state index in [1.54, 1.807) is 6.92 Å². The van der Waals surface area contributed by atoms with Gasteiger partial charge in [-0.05, 0) is 49.2 Å². The van der Waals surface area contributed by atoms with Gasteiger partial charge in [-0.3, -0.25) is 14.4 Å². The van der Waals surface area contributed by atoms with Crippen LogP contribution in [-0.2, 0) is 24.3 Å². The molecule has 5 rings (SSSR count). The van der Waals surface area contributed by atoms with E-state index in [0.717, 1.165) is 55.1 Å². The number of aryl methyl sites for hydroxylation is 2. The maximum absolute atomic E-state index is 12.1. The number of hydrogen-bond acceptors (Lipinski definition) is 5. The molecule has 7 nitrogen and oxygen atoms in total. The smallest absolute Gasteiger partial charge is 0.219 e. The third-order valence-electron chi connectivity index (χ3n) is 7.78. The number of benzene rings is 2. The molecule has 3 heterocycles. The highest BCUT2D eigenvalue weighted by Gasteiger charge is 2.28.